The van der Waals surface area contributed by atoms with E-state index < -0.39 is 5.97 Å². The summed E-state index contributed by atoms with van der Waals surface area (Å²) in [5.74, 6) is 1.51. The summed E-state index contributed by atoms with van der Waals surface area (Å²) in [5.41, 5.74) is 3.87. The summed E-state index contributed by atoms with van der Waals surface area (Å²) in [6.45, 7) is 7.40. The molecule has 8 heteroatoms. The lowest BCUT2D eigenvalue weighted by Gasteiger charge is -2.09. The van der Waals surface area contributed by atoms with E-state index in [0.29, 0.717) is 13.5 Å². The van der Waals surface area contributed by atoms with E-state index in [0.717, 1.165) is 51.7 Å². The first kappa shape index (κ1) is 23.9. The van der Waals surface area contributed by atoms with E-state index in [1.807, 2.05) is 43.5 Å². The number of hydrogen-bond donors (Lipinski definition) is 1. The predicted molar refractivity (Wildman–Crippen MR) is 134 cm³/mol. The monoisotopic (exact) mass is 471 g/mol. The second-order valence-electron chi connectivity index (χ2n) is 7.09. The Hall–Kier alpha value is -2.76. The van der Waals surface area contributed by atoms with E-state index in [1.54, 1.807) is 21.1 Å². The third-order valence-corrected chi connectivity index (χ3v) is 6.93. The lowest BCUT2D eigenvalue weighted by molar-refractivity contribution is -0.131. The molecule has 2 aliphatic rings. The van der Waals surface area contributed by atoms with Crippen LogP contribution in [0.4, 0.5) is 5.69 Å². The minimum Gasteiger partial charge on any atom is -0.493 e. The molecule has 0 amide bonds. The number of fused-ring (bicyclic) bond motifs is 2. The first-order valence-corrected chi connectivity index (χ1v) is 11.9. The molecule has 6 nitrogen and oxygen atoms in total. The topological polar surface area (TPSA) is 77.4 Å². The smallest absolute Gasteiger partial charge is 0.342 e. The Balaban J connectivity index is 0.000000193. The van der Waals surface area contributed by atoms with Crippen molar-refractivity contribution in [3.63, 3.8) is 0 Å². The van der Waals surface area contributed by atoms with Crippen molar-refractivity contribution in [1.29, 1.82) is 0 Å². The van der Waals surface area contributed by atoms with Crippen LogP contribution >= 0.6 is 20.3 Å². The molecule has 2 aromatic carbocycles. The van der Waals surface area contributed by atoms with E-state index in [-0.39, 0.29) is 0 Å². The fourth-order valence-corrected chi connectivity index (χ4v) is 4.92. The second-order valence-corrected chi connectivity index (χ2v) is 9.58. The molecule has 2 aromatic rings. The number of allylic oxidation sites excluding steroid dienone is 2. The Morgan fingerprint density at radius 3 is 2.56 bits per heavy atom. The molecule has 32 heavy (non-hydrogen) atoms. The average Bonchev–Trinajstić information content (AvgIpc) is 3.44. The highest BCUT2D eigenvalue weighted by Gasteiger charge is 2.17. The van der Waals surface area contributed by atoms with Crippen LogP contribution in [0.15, 0.2) is 51.7 Å². The number of aliphatic imine (C=N–C) groups is 1. The maximum atomic E-state index is 11.3. The van der Waals surface area contributed by atoms with Crippen molar-refractivity contribution in [3.8, 4) is 17.2 Å². The first-order valence-electron chi connectivity index (χ1n) is 9.90. The van der Waals surface area contributed by atoms with Gasteiger partial charge in [-0.3, -0.25) is 4.99 Å². The molecule has 2 heterocycles. The molecule has 0 radical (unpaired) electrons. The molecule has 0 spiro atoms. The lowest BCUT2D eigenvalue weighted by atomic mass is 10.1. The SMILES string of the molecule is C=C(C)S/C(C(=O)O)=C(\C)c1ccc2c(c1)PCO2.COc1cc2c(cc1OC)N=CC2. The van der Waals surface area contributed by atoms with E-state index in [1.165, 1.54) is 22.6 Å². The molecule has 0 aliphatic carbocycles. The Morgan fingerprint density at radius 2 is 1.91 bits per heavy atom. The molecule has 1 N–H and O–H groups in total. The summed E-state index contributed by atoms with van der Waals surface area (Å²) in [6, 6.07) is 9.72. The van der Waals surface area contributed by atoms with Crippen LogP contribution in [-0.2, 0) is 11.2 Å². The normalized spacial score (nSPS) is 14.5. The zero-order valence-electron chi connectivity index (χ0n) is 18.5. The highest BCUT2D eigenvalue weighted by molar-refractivity contribution is 8.07. The van der Waals surface area contributed by atoms with Gasteiger partial charge in [0, 0.05) is 24.0 Å². The van der Waals surface area contributed by atoms with Gasteiger partial charge in [0.1, 0.15) is 17.0 Å². The fourth-order valence-electron chi connectivity index (χ4n) is 3.24. The minimum absolute atomic E-state index is 0.328. The highest BCUT2D eigenvalue weighted by atomic mass is 32.2. The van der Waals surface area contributed by atoms with Crippen LogP contribution in [0.5, 0.6) is 17.2 Å². The summed E-state index contributed by atoms with van der Waals surface area (Å²) < 4.78 is 15.8. The van der Waals surface area contributed by atoms with Crippen LogP contribution in [0, 0.1) is 0 Å². The van der Waals surface area contributed by atoms with Gasteiger partial charge < -0.3 is 19.3 Å². The van der Waals surface area contributed by atoms with Gasteiger partial charge in [-0.1, -0.05) is 24.4 Å². The number of benzene rings is 2. The number of rotatable bonds is 6. The number of nitrogens with zero attached hydrogens (tertiary/aromatic N) is 1. The van der Waals surface area contributed by atoms with E-state index in [2.05, 4.69) is 11.6 Å². The highest BCUT2D eigenvalue weighted by Crippen LogP contribution is 2.37. The Kier molecular flexibility index (Phi) is 7.99. The summed E-state index contributed by atoms with van der Waals surface area (Å²) in [6.07, 6.45) is 3.51. The standard InChI is InChI=1S/C14H15O3PS.C10H11NO2/c1-8(2)19-13(14(15)16)9(3)10-4-5-11-12(6-10)18-7-17-11;1-12-9-5-7-3-4-11-8(7)6-10(9)13-2/h4-6,18H,1,7H2,2-3H3,(H,15,16);4-6H,3H2,1-2H3/b13-9+;. The van der Waals surface area contributed by atoms with Crippen molar-refractivity contribution in [1.82, 2.24) is 0 Å². The first-order chi connectivity index (χ1) is 15.3. The zero-order valence-corrected chi connectivity index (χ0v) is 20.3. The van der Waals surface area contributed by atoms with Crippen LogP contribution in [0.3, 0.4) is 0 Å². The summed E-state index contributed by atoms with van der Waals surface area (Å²) in [4.78, 5) is 16.7. The maximum absolute atomic E-state index is 11.3. The molecule has 0 saturated carbocycles. The van der Waals surface area contributed by atoms with Crippen LogP contribution in [-0.4, -0.2) is 37.9 Å². The molecule has 0 aromatic heterocycles. The van der Waals surface area contributed by atoms with Crippen LogP contribution < -0.4 is 19.5 Å². The van der Waals surface area contributed by atoms with Crippen molar-refractivity contribution in [2.75, 3.05) is 20.6 Å². The molecule has 0 fully saturated rings. The van der Waals surface area contributed by atoms with E-state index in [4.69, 9.17) is 14.2 Å². The van der Waals surface area contributed by atoms with Crippen LogP contribution in [0.2, 0.25) is 0 Å². The molecule has 0 bridgehead atoms. The number of carboxylic acids is 1. The molecule has 1 atom stereocenters. The van der Waals surface area contributed by atoms with Crippen molar-refractivity contribution in [2.24, 2.45) is 4.99 Å². The van der Waals surface area contributed by atoms with Crippen molar-refractivity contribution >= 4 is 49.1 Å². The Morgan fingerprint density at radius 1 is 1.19 bits per heavy atom. The van der Waals surface area contributed by atoms with Gasteiger partial charge in [0.05, 0.1) is 19.9 Å². The summed E-state index contributed by atoms with van der Waals surface area (Å²) in [7, 11) is 3.90. The molecular formula is C24H26NO5PS. The van der Waals surface area contributed by atoms with Crippen LogP contribution in [0.1, 0.15) is 25.0 Å². The van der Waals surface area contributed by atoms with Crippen molar-refractivity contribution in [2.45, 2.75) is 20.3 Å². The van der Waals surface area contributed by atoms with Gasteiger partial charge in [0.25, 0.3) is 0 Å². The summed E-state index contributed by atoms with van der Waals surface area (Å²) >= 11 is 1.20. The van der Waals surface area contributed by atoms with E-state index in [9.17, 15) is 9.90 Å². The van der Waals surface area contributed by atoms with Gasteiger partial charge >= 0.3 is 5.97 Å². The number of methoxy groups -OCH3 is 2. The molecular weight excluding hydrogens is 445 g/mol. The molecule has 2 aliphatic heterocycles. The number of ether oxygens (including phenoxy) is 3. The Labute approximate surface area is 194 Å². The van der Waals surface area contributed by atoms with Crippen molar-refractivity contribution < 1.29 is 24.1 Å². The van der Waals surface area contributed by atoms with Crippen molar-refractivity contribution in [3.05, 3.63) is 57.8 Å². The van der Waals surface area contributed by atoms with Gasteiger partial charge in [-0.2, -0.15) is 0 Å². The third-order valence-electron chi connectivity index (χ3n) is 4.84. The largest absolute Gasteiger partial charge is 0.493 e. The van der Waals surface area contributed by atoms with Crippen LogP contribution in [0.25, 0.3) is 5.57 Å². The second kappa shape index (κ2) is 10.7. The predicted octanol–water partition coefficient (Wildman–Crippen LogP) is 5.38. The van der Waals surface area contributed by atoms with Gasteiger partial charge in [0.2, 0.25) is 0 Å². The zero-order chi connectivity index (χ0) is 23.3. The molecule has 168 valence electrons. The average molecular weight is 472 g/mol. The van der Waals surface area contributed by atoms with Gasteiger partial charge in [0.15, 0.2) is 11.5 Å². The number of aliphatic carboxylic acids is 1. The van der Waals surface area contributed by atoms with E-state index >= 15 is 0 Å². The molecule has 4 rings (SSSR count). The quantitative estimate of drug-likeness (QED) is 0.450. The molecule has 1 unspecified atom stereocenters. The maximum Gasteiger partial charge on any atom is 0.342 e. The van der Waals surface area contributed by atoms with Gasteiger partial charge in [-0.15, -0.1) is 0 Å². The Bertz CT molecular complexity index is 1110. The van der Waals surface area contributed by atoms with Gasteiger partial charge in [-0.05, 0) is 62.2 Å². The number of thioether (sulfide) groups is 1. The number of carboxylic acid groups (broad SMARTS) is 1. The third kappa shape index (κ3) is 5.53. The van der Waals surface area contributed by atoms with Gasteiger partial charge in [-0.25, -0.2) is 4.79 Å². The lowest BCUT2D eigenvalue weighted by Crippen LogP contribution is -2.01. The number of carbonyl (C=O) groups is 1. The molecule has 0 saturated heterocycles. The number of hydrogen-bond acceptors (Lipinski definition) is 6. The fraction of sp³-hybridized carbons (Fsp3) is 0.250. The summed E-state index contributed by atoms with van der Waals surface area (Å²) in [5, 5.41) is 10.5. The minimum atomic E-state index is -0.912.